The number of aromatic nitrogens is 2. The van der Waals surface area contributed by atoms with Gasteiger partial charge in [-0.05, 0) is 32.0 Å². The molecule has 2 aromatic rings. The molecule has 19 heavy (non-hydrogen) atoms. The summed E-state index contributed by atoms with van der Waals surface area (Å²) in [5.41, 5.74) is 1.44. The van der Waals surface area contributed by atoms with Gasteiger partial charge < -0.3 is 15.1 Å². The first kappa shape index (κ1) is 13.1. The first-order valence-electron chi connectivity index (χ1n) is 6.02. The van der Waals surface area contributed by atoms with Gasteiger partial charge >= 0.3 is 6.03 Å². The maximum absolute atomic E-state index is 11.6. The van der Waals surface area contributed by atoms with Gasteiger partial charge in [0.25, 0.3) is 0 Å². The van der Waals surface area contributed by atoms with Crippen molar-refractivity contribution in [1.29, 1.82) is 0 Å². The number of carbonyl (C=O) groups is 1. The third-order valence-corrected chi connectivity index (χ3v) is 2.31. The molecule has 6 heteroatoms. The molecule has 100 valence electrons. The number of aryl methyl sites for hydroxylation is 1. The van der Waals surface area contributed by atoms with Crippen LogP contribution in [0.15, 0.2) is 28.7 Å². The first-order chi connectivity index (χ1) is 9.04. The number of carbonyl (C=O) groups excluding carboxylic acids is 1. The van der Waals surface area contributed by atoms with Crippen molar-refractivity contribution in [2.45, 2.75) is 26.8 Å². The molecule has 2 rings (SSSR count). The number of hydrogen-bond acceptors (Lipinski definition) is 4. The average molecular weight is 260 g/mol. The van der Waals surface area contributed by atoms with E-state index in [1.165, 1.54) is 0 Å². The summed E-state index contributed by atoms with van der Waals surface area (Å²) in [6.45, 7) is 5.53. The summed E-state index contributed by atoms with van der Waals surface area (Å²) in [7, 11) is 0. The quantitative estimate of drug-likeness (QED) is 0.888. The Hall–Kier alpha value is -2.37. The molecule has 2 N–H and O–H groups in total. The number of nitrogens with one attached hydrogen (secondary N) is 2. The van der Waals surface area contributed by atoms with Crippen LogP contribution in [-0.4, -0.2) is 22.3 Å². The Bertz CT molecular complexity index is 578. The van der Waals surface area contributed by atoms with Crippen LogP contribution in [0.4, 0.5) is 10.5 Å². The number of anilines is 1. The topological polar surface area (TPSA) is 80.0 Å². The van der Waals surface area contributed by atoms with Gasteiger partial charge in [-0.15, -0.1) is 10.2 Å². The van der Waals surface area contributed by atoms with Gasteiger partial charge in [-0.2, -0.15) is 0 Å². The van der Waals surface area contributed by atoms with Gasteiger partial charge in [0.1, 0.15) is 0 Å². The second-order valence-corrected chi connectivity index (χ2v) is 4.46. The SMILES string of the molecule is Cc1nnc(-c2cccc(NC(=O)NC(C)C)c2)o1. The second-order valence-electron chi connectivity index (χ2n) is 4.46. The van der Waals surface area contributed by atoms with Crippen molar-refractivity contribution >= 4 is 11.7 Å². The third-order valence-electron chi connectivity index (χ3n) is 2.31. The van der Waals surface area contributed by atoms with Crippen molar-refractivity contribution in [2.75, 3.05) is 5.32 Å². The minimum Gasteiger partial charge on any atom is -0.421 e. The lowest BCUT2D eigenvalue weighted by Gasteiger charge is -2.10. The van der Waals surface area contributed by atoms with E-state index in [2.05, 4.69) is 20.8 Å². The maximum atomic E-state index is 11.6. The maximum Gasteiger partial charge on any atom is 0.319 e. The van der Waals surface area contributed by atoms with E-state index in [4.69, 9.17) is 4.42 Å². The minimum atomic E-state index is -0.242. The Kier molecular flexibility index (Phi) is 3.79. The van der Waals surface area contributed by atoms with Crippen LogP contribution < -0.4 is 10.6 Å². The normalized spacial score (nSPS) is 10.5. The van der Waals surface area contributed by atoms with Crippen LogP contribution in [0, 0.1) is 6.92 Å². The van der Waals surface area contributed by atoms with Gasteiger partial charge in [0.05, 0.1) is 0 Å². The van der Waals surface area contributed by atoms with Crippen molar-refractivity contribution in [1.82, 2.24) is 15.5 Å². The highest BCUT2D eigenvalue weighted by molar-refractivity contribution is 5.90. The van der Waals surface area contributed by atoms with Crippen molar-refractivity contribution in [3.63, 3.8) is 0 Å². The second kappa shape index (κ2) is 5.51. The van der Waals surface area contributed by atoms with E-state index in [9.17, 15) is 4.79 Å². The van der Waals surface area contributed by atoms with Gasteiger partial charge in [0.15, 0.2) is 0 Å². The van der Waals surface area contributed by atoms with Gasteiger partial charge in [-0.1, -0.05) is 6.07 Å². The number of rotatable bonds is 3. The van der Waals surface area contributed by atoms with E-state index >= 15 is 0 Å². The van der Waals surface area contributed by atoms with Crippen LogP contribution >= 0.6 is 0 Å². The summed E-state index contributed by atoms with van der Waals surface area (Å²) in [5.74, 6) is 0.941. The predicted octanol–water partition coefficient (Wildman–Crippen LogP) is 2.57. The molecule has 0 spiro atoms. The number of amides is 2. The molecule has 0 radical (unpaired) electrons. The lowest BCUT2D eigenvalue weighted by Crippen LogP contribution is -2.34. The smallest absolute Gasteiger partial charge is 0.319 e. The van der Waals surface area contributed by atoms with E-state index in [0.29, 0.717) is 17.5 Å². The highest BCUT2D eigenvalue weighted by Crippen LogP contribution is 2.21. The lowest BCUT2D eigenvalue weighted by molar-refractivity contribution is 0.250. The molecular formula is C13H16N4O2. The molecule has 0 bridgehead atoms. The van der Waals surface area contributed by atoms with Crippen LogP contribution in [-0.2, 0) is 0 Å². The Labute approximate surface area is 111 Å². The summed E-state index contributed by atoms with van der Waals surface area (Å²) in [6.07, 6.45) is 0. The molecular weight excluding hydrogens is 244 g/mol. The van der Waals surface area contributed by atoms with Crippen LogP contribution in [0.2, 0.25) is 0 Å². The molecule has 0 saturated carbocycles. The number of hydrogen-bond donors (Lipinski definition) is 2. The molecule has 1 aromatic heterocycles. The molecule has 0 saturated heterocycles. The van der Waals surface area contributed by atoms with Crippen LogP contribution in [0.25, 0.3) is 11.5 Å². The summed E-state index contributed by atoms with van der Waals surface area (Å²) in [6, 6.07) is 7.09. The van der Waals surface area contributed by atoms with Crippen LogP contribution in [0.3, 0.4) is 0 Å². The van der Waals surface area contributed by atoms with E-state index in [0.717, 1.165) is 5.56 Å². The van der Waals surface area contributed by atoms with Gasteiger partial charge in [-0.25, -0.2) is 4.79 Å². The zero-order valence-corrected chi connectivity index (χ0v) is 11.1. The molecule has 0 fully saturated rings. The van der Waals surface area contributed by atoms with Crippen molar-refractivity contribution in [3.05, 3.63) is 30.2 Å². The van der Waals surface area contributed by atoms with E-state index in [-0.39, 0.29) is 12.1 Å². The molecule has 6 nitrogen and oxygen atoms in total. The monoisotopic (exact) mass is 260 g/mol. The van der Waals surface area contributed by atoms with E-state index < -0.39 is 0 Å². The fourth-order valence-corrected chi connectivity index (χ4v) is 1.57. The van der Waals surface area contributed by atoms with E-state index in [1.807, 2.05) is 26.0 Å². The van der Waals surface area contributed by atoms with Crippen LogP contribution in [0.1, 0.15) is 19.7 Å². The average Bonchev–Trinajstić information content (AvgIpc) is 2.75. The Morgan fingerprint density at radius 2 is 2.11 bits per heavy atom. The first-order valence-corrected chi connectivity index (χ1v) is 6.02. The third kappa shape index (κ3) is 3.54. The van der Waals surface area contributed by atoms with Gasteiger partial charge in [-0.3, -0.25) is 0 Å². The summed E-state index contributed by atoms with van der Waals surface area (Å²) < 4.78 is 5.34. The number of benzene rings is 1. The molecule has 2 amide bonds. The van der Waals surface area contributed by atoms with Crippen molar-refractivity contribution in [3.8, 4) is 11.5 Å². The highest BCUT2D eigenvalue weighted by atomic mass is 16.4. The number of urea groups is 1. The fraction of sp³-hybridized carbons (Fsp3) is 0.308. The number of nitrogens with zero attached hydrogens (tertiary/aromatic N) is 2. The van der Waals surface area contributed by atoms with Crippen LogP contribution in [0.5, 0.6) is 0 Å². The standard InChI is InChI=1S/C13H16N4O2/c1-8(2)14-13(18)15-11-6-4-5-10(7-11)12-17-16-9(3)19-12/h4-8H,1-3H3,(H2,14,15,18). The minimum absolute atomic E-state index is 0.0850. The predicted molar refractivity (Wildman–Crippen MR) is 71.8 cm³/mol. The summed E-state index contributed by atoms with van der Waals surface area (Å²) in [4.78, 5) is 11.6. The van der Waals surface area contributed by atoms with Gasteiger partial charge in [0, 0.05) is 24.2 Å². The fourth-order valence-electron chi connectivity index (χ4n) is 1.57. The Morgan fingerprint density at radius 1 is 1.32 bits per heavy atom. The summed E-state index contributed by atoms with van der Waals surface area (Å²) >= 11 is 0. The molecule has 0 aliphatic rings. The Balaban J connectivity index is 2.13. The molecule has 1 heterocycles. The highest BCUT2D eigenvalue weighted by Gasteiger charge is 2.08. The van der Waals surface area contributed by atoms with Crippen molar-refractivity contribution in [2.24, 2.45) is 0 Å². The Morgan fingerprint density at radius 3 is 2.74 bits per heavy atom. The molecule has 0 unspecified atom stereocenters. The largest absolute Gasteiger partial charge is 0.421 e. The zero-order valence-electron chi connectivity index (χ0n) is 11.1. The summed E-state index contributed by atoms with van der Waals surface area (Å²) in [5, 5.41) is 13.2. The molecule has 0 atom stereocenters. The van der Waals surface area contributed by atoms with Crippen molar-refractivity contribution < 1.29 is 9.21 Å². The molecule has 0 aliphatic heterocycles. The molecule has 1 aromatic carbocycles. The van der Waals surface area contributed by atoms with E-state index in [1.54, 1.807) is 19.1 Å². The van der Waals surface area contributed by atoms with Gasteiger partial charge in [0.2, 0.25) is 11.8 Å². The lowest BCUT2D eigenvalue weighted by atomic mass is 10.2. The molecule has 0 aliphatic carbocycles. The zero-order chi connectivity index (χ0) is 13.8.